The second-order valence-electron chi connectivity index (χ2n) is 10.4. The van der Waals surface area contributed by atoms with Crippen LogP contribution in [0.15, 0.2) is 0 Å². The summed E-state index contributed by atoms with van der Waals surface area (Å²) in [7, 11) is 0. The lowest BCUT2D eigenvalue weighted by Gasteiger charge is -2.40. The molecule has 1 N–H and O–H groups in total. The highest BCUT2D eigenvalue weighted by Gasteiger charge is 2.39. The highest BCUT2D eigenvalue weighted by atomic mass is 16.1. The molecule has 1 spiro atoms. The fraction of sp³-hybridized carbons (Fsp3) is 0.955. The monoisotopic (exact) mass is 337 g/mol. The Morgan fingerprint density at radius 1 is 1.00 bits per heavy atom. The first kappa shape index (κ1) is 21.7. The lowest BCUT2D eigenvalue weighted by atomic mass is 9.67. The van der Waals surface area contributed by atoms with Gasteiger partial charge in [-0.1, -0.05) is 41.0 Å². The van der Waals surface area contributed by atoms with Crippen molar-refractivity contribution in [2.75, 3.05) is 0 Å². The topological polar surface area (TPSA) is 29.1 Å². The Hall–Kier alpha value is -0.370. The number of carbonyl (C=O) groups is 1. The molecule has 0 aromatic heterocycles. The quantitative estimate of drug-likeness (QED) is 0.668. The average molecular weight is 338 g/mol. The van der Waals surface area contributed by atoms with Gasteiger partial charge < -0.3 is 5.32 Å². The molecule has 0 aromatic carbocycles. The van der Waals surface area contributed by atoms with Crippen LogP contribution in [0.2, 0.25) is 0 Å². The van der Waals surface area contributed by atoms with E-state index in [0.717, 1.165) is 12.3 Å². The molecule has 0 radical (unpaired) electrons. The second kappa shape index (κ2) is 7.89. The SMILES string of the molecule is C.CC(C)(C)NC(CC1CCC2(CCCC2)CC1)C(=O)C(C)(C)C. The summed E-state index contributed by atoms with van der Waals surface area (Å²) in [5.41, 5.74) is 0.425. The molecule has 2 rings (SSSR count). The summed E-state index contributed by atoms with van der Waals surface area (Å²) < 4.78 is 0. The van der Waals surface area contributed by atoms with Crippen LogP contribution in [0.25, 0.3) is 0 Å². The van der Waals surface area contributed by atoms with Crippen LogP contribution in [-0.2, 0) is 4.79 Å². The number of hydrogen-bond acceptors (Lipinski definition) is 2. The summed E-state index contributed by atoms with van der Waals surface area (Å²) in [6.07, 6.45) is 12.3. The summed E-state index contributed by atoms with van der Waals surface area (Å²) >= 11 is 0. The molecule has 2 fully saturated rings. The molecule has 2 heteroatoms. The van der Waals surface area contributed by atoms with E-state index in [9.17, 15) is 4.79 Å². The molecule has 2 aliphatic carbocycles. The third-order valence-electron chi connectivity index (χ3n) is 6.06. The van der Waals surface area contributed by atoms with E-state index in [-0.39, 0.29) is 24.4 Å². The predicted molar refractivity (Wildman–Crippen MR) is 105 cm³/mol. The predicted octanol–water partition coefficient (Wildman–Crippen LogP) is 6.14. The average Bonchev–Trinajstić information content (AvgIpc) is 2.86. The molecular formula is C22H43NO. The molecule has 0 saturated heterocycles. The molecule has 1 atom stereocenters. The Morgan fingerprint density at radius 2 is 1.50 bits per heavy atom. The Balaban J connectivity index is 0.00000288. The zero-order chi connectivity index (χ0) is 17.3. The lowest BCUT2D eigenvalue weighted by Crippen LogP contribution is -2.51. The molecule has 0 aromatic rings. The first-order valence-corrected chi connectivity index (χ1v) is 9.83. The first-order valence-electron chi connectivity index (χ1n) is 9.83. The van der Waals surface area contributed by atoms with Crippen LogP contribution in [0.4, 0.5) is 0 Å². The molecule has 0 heterocycles. The zero-order valence-electron chi connectivity index (χ0n) is 16.4. The van der Waals surface area contributed by atoms with Crippen molar-refractivity contribution in [2.45, 2.75) is 118 Å². The van der Waals surface area contributed by atoms with E-state index in [4.69, 9.17) is 0 Å². The maximum absolute atomic E-state index is 12.9. The van der Waals surface area contributed by atoms with E-state index >= 15 is 0 Å². The standard InChI is InChI=1S/C21H39NO.CH4/c1-19(2,3)18(23)17(22-20(4,5)6)15-16-9-13-21(14-10-16)11-7-8-12-21;/h16-17,22H,7-15H2,1-6H3;1H4. The van der Waals surface area contributed by atoms with Crippen LogP contribution in [0.1, 0.15) is 107 Å². The van der Waals surface area contributed by atoms with Crippen LogP contribution in [0, 0.1) is 16.7 Å². The van der Waals surface area contributed by atoms with Gasteiger partial charge in [-0.2, -0.15) is 0 Å². The van der Waals surface area contributed by atoms with Gasteiger partial charge in [-0.3, -0.25) is 4.79 Å². The van der Waals surface area contributed by atoms with Gasteiger partial charge in [-0.15, -0.1) is 0 Å². The van der Waals surface area contributed by atoms with Gasteiger partial charge in [0, 0.05) is 11.0 Å². The maximum Gasteiger partial charge on any atom is 0.155 e. The van der Waals surface area contributed by atoms with Gasteiger partial charge in [-0.25, -0.2) is 0 Å². The van der Waals surface area contributed by atoms with E-state index in [0.29, 0.717) is 11.2 Å². The molecule has 24 heavy (non-hydrogen) atoms. The van der Waals surface area contributed by atoms with Gasteiger partial charge in [0.15, 0.2) is 5.78 Å². The van der Waals surface area contributed by atoms with Crippen molar-refractivity contribution in [3.05, 3.63) is 0 Å². The largest absolute Gasteiger partial charge is 0.303 e. The molecule has 2 aliphatic rings. The minimum Gasteiger partial charge on any atom is -0.303 e. The lowest BCUT2D eigenvalue weighted by molar-refractivity contribution is -0.129. The van der Waals surface area contributed by atoms with E-state index in [1.54, 1.807) is 0 Å². The Labute approximate surface area is 151 Å². The fourth-order valence-corrected chi connectivity index (χ4v) is 4.76. The van der Waals surface area contributed by atoms with Crippen molar-refractivity contribution in [3.63, 3.8) is 0 Å². The van der Waals surface area contributed by atoms with E-state index in [1.165, 1.54) is 51.4 Å². The number of rotatable bonds is 4. The third kappa shape index (κ3) is 5.86. The zero-order valence-corrected chi connectivity index (χ0v) is 16.4. The number of nitrogens with one attached hydrogen (secondary N) is 1. The third-order valence-corrected chi connectivity index (χ3v) is 6.06. The van der Waals surface area contributed by atoms with Gasteiger partial charge in [-0.05, 0) is 77.0 Å². The highest BCUT2D eigenvalue weighted by Crippen LogP contribution is 2.50. The maximum atomic E-state index is 12.9. The van der Waals surface area contributed by atoms with Gasteiger partial charge in [0.05, 0.1) is 6.04 Å². The van der Waals surface area contributed by atoms with Crippen LogP contribution in [-0.4, -0.2) is 17.4 Å². The number of hydrogen-bond donors (Lipinski definition) is 1. The molecule has 2 saturated carbocycles. The first-order chi connectivity index (χ1) is 10.5. The number of carbonyl (C=O) groups excluding carboxylic acids is 1. The molecule has 1 unspecified atom stereocenters. The van der Waals surface area contributed by atoms with Crippen molar-refractivity contribution in [3.8, 4) is 0 Å². The Kier molecular flexibility index (Phi) is 7.13. The fourth-order valence-electron chi connectivity index (χ4n) is 4.76. The van der Waals surface area contributed by atoms with Gasteiger partial charge >= 0.3 is 0 Å². The Bertz CT molecular complexity index is 397. The Morgan fingerprint density at radius 3 is 1.92 bits per heavy atom. The van der Waals surface area contributed by atoms with Crippen molar-refractivity contribution in [2.24, 2.45) is 16.7 Å². The van der Waals surface area contributed by atoms with Crippen molar-refractivity contribution in [1.29, 1.82) is 0 Å². The molecule has 2 nitrogen and oxygen atoms in total. The van der Waals surface area contributed by atoms with Gasteiger partial charge in [0.2, 0.25) is 0 Å². The van der Waals surface area contributed by atoms with E-state index in [2.05, 4.69) is 46.9 Å². The minimum atomic E-state index is -0.260. The molecule has 142 valence electrons. The molecule has 0 aliphatic heterocycles. The van der Waals surface area contributed by atoms with Crippen molar-refractivity contribution in [1.82, 2.24) is 5.32 Å². The number of Topliss-reactive ketones (excluding diaryl/α,β-unsaturated/α-hetero) is 1. The van der Waals surface area contributed by atoms with Crippen LogP contribution in [0.5, 0.6) is 0 Å². The minimum absolute atomic E-state index is 0. The van der Waals surface area contributed by atoms with Crippen molar-refractivity contribution < 1.29 is 4.79 Å². The van der Waals surface area contributed by atoms with E-state index in [1.807, 2.05) is 0 Å². The second-order valence-corrected chi connectivity index (χ2v) is 10.4. The van der Waals surface area contributed by atoms with Crippen molar-refractivity contribution >= 4 is 5.78 Å². The van der Waals surface area contributed by atoms with Crippen LogP contribution < -0.4 is 5.32 Å². The van der Waals surface area contributed by atoms with Gasteiger partial charge in [0.1, 0.15) is 0 Å². The number of ketones is 1. The molecule has 0 amide bonds. The smallest absolute Gasteiger partial charge is 0.155 e. The normalized spacial score (nSPS) is 23.1. The van der Waals surface area contributed by atoms with Gasteiger partial charge in [0.25, 0.3) is 0 Å². The molecular weight excluding hydrogens is 294 g/mol. The summed E-state index contributed by atoms with van der Waals surface area (Å²) in [5.74, 6) is 1.11. The highest BCUT2D eigenvalue weighted by molar-refractivity contribution is 5.88. The van der Waals surface area contributed by atoms with E-state index < -0.39 is 0 Å². The summed E-state index contributed by atoms with van der Waals surface area (Å²) in [6, 6.07) is 0.0117. The summed E-state index contributed by atoms with van der Waals surface area (Å²) in [6.45, 7) is 12.7. The summed E-state index contributed by atoms with van der Waals surface area (Å²) in [5, 5.41) is 3.62. The molecule has 0 bridgehead atoms. The van der Waals surface area contributed by atoms with Crippen LogP contribution >= 0.6 is 0 Å². The summed E-state index contributed by atoms with van der Waals surface area (Å²) in [4.78, 5) is 12.9. The van der Waals surface area contributed by atoms with Crippen LogP contribution in [0.3, 0.4) is 0 Å².